The molecule has 0 saturated heterocycles. The number of nitrogen functional groups attached to an aromatic ring is 1. The van der Waals surface area contributed by atoms with E-state index in [1.807, 2.05) is 0 Å². The van der Waals surface area contributed by atoms with Crippen molar-refractivity contribution < 1.29 is 0 Å². The number of aryl methyl sites for hydroxylation is 1. The van der Waals surface area contributed by atoms with Crippen LogP contribution in [0.4, 0.5) is 0 Å². The van der Waals surface area contributed by atoms with Gasteiger partial charge in [-0.25, -0.2) is 0 Å². The van der Waals surface area contributed by atoms with Gasteiger partial charge >= 0.3 is 11.1 Å². The van der Waals surface area contributed by atoms with Crippen molar-refractivity contribution in [1.29, 1.82) is 5.41 Å². The number of nitrogens with two attached hydrogens (primary N) is 1. The van der Waals surface area contributed by atoms with Gasteiger partial charge in [0, 0.05) is 18.1 Å². The van der Waals surface area contributed by atoms with Crippen LogP contribution in [0.15, 0.2) is 38.0 Å². The smallest absolute Gasteiger partial charge is 0.339 e. The fourth-order valence-electron chi connectivity index (χ4n) is 1.26. The Morgan fingerprint density at radius 3 is 2.79 bits per heavy atom. The van der Waals surface area contributed by atoms with Gasteiger partial charge in [0.15, 0.2) is 5.16 Å². The molecule has 0 radical (unpaired) electrons. The molecule has 0 aliphatic heterocycles. The molecule has 0 aliphatic rings. The lowest BCUT2D eigenvalue weighted by Crippen LogP contribution is -2.33. The number of nitrogens with zero attached hydrogens (tertiary/aromatic N) is 3. The third kappa shape index (κ3) is 2.88. The van der Waals surface area contributed by atoms with E-state index in [4.69, 9.17) is 11.1 Å². The van der Waals surface area contributed by atoms with Gasteiger partial charge in [-0.2, -0.15) is 4.98 Å². The highest BCUT2D eigenvalue weighted by atomic mass is 32.2. The number of pyridine rings is 1. The first kappa shape index (κ1) is 13.0. The van der Waals surface area contributed by atoms with E-state index >= 15 is 0 Å². The van der Waals surface area contributed by atoms with Gasteiger partial charge in [0.25, 0.3) is 0 Å². The molecule has 2 heterocycles. The van der Waals surface area contributed by atoms with E-state index < -0.39 is 11.1 Å². The third-order valence-electron chi connectivity index (χ3n) is 2.17. The number of hydrogen-bond acceptors (Lipinski definition) is 6. The van der Waals surface area contributed by atoms with E-state index in [2.05, 4.69) is 15.1 Å². The summed E-state index contributed by atoms with van der Waals surface area (Å²) in [5.74, 6) is -0.119. The first-order valence-electron chi connectivity index (χ1n) is 5.13. The van der Waals surface area contributed by atoms with Crippen LogP contribution in [0.25, 0.3) is 0 Å². The van der Waals surface area contributed by atoms with Gasteiger partial charge in [0.1, 0.15) is 11.5 Å². The SMILES string of the molecule is Cn1[nH]c(=O)c(=O)nc1Sc1ccc(C(=N)N)nc1. The maximum absolute atomic E-state index is 11.2. The Morgan fingerprint density at radius 1 is 1.47 bits per heavy atom. The van der Waals surface area contributed by atoms with Crippen LogP contribution >= 0.6 is 11.8 Å². The summed E-state index contributed by atoms with van der Waals surface area (Å²) in [6.45, 7) is 0. The normalized spacial score (nSPS) is 10.4. The van der Waals surface area contributed by atoms with Crippen LogP contribution in [0.3, 0.4) is 0 Å². The molecule has 0 spiro atoms. The van der Waals surface area contributed by atoms with Crippen molar-refractivity contribution in [3.8, 4) is 0 Å². The van der Waals surface area contributed by atoms with Gasteiger partial charge in [0.2, 0.25) is 0 Å². The number of H-pyrrole nitrogens is 1. The van der Waals surface area contributed by atoms with Crippen molar-refractivity contribution in [1.82, 2.24) is 19.7 Å². The molecule has 2 aromatic heterocycles. The topological polar surface area (TPSA) is 131 Å². The third-order valence-corrected chi connectivity index (χ3v) is 3.19. The summed E-state index contributed by atoms with van der Waals surface area (Å²) in [6.07, 6.45) is 1.51. The van der Waals surface area contributed by atoms with Crippen LogP contribution in [0.1, 0.15) is 5.69 Å². The van der Waals surface area contributed by atoms with Gasteiger partial charge in [-0.05, 0) is 23.9 Å². The average Bonchev–Trinajstić information content (AvgIpc) is 2.36. The molecular weight excluding hydrogens is 268 g/mol. The summed E-state index contributed by atoms with van der Waals surface area (Å²) in [6, 6.07) is 3.29. The van der Waals surface area contributed by atoms with E-state index in [0.29, 0.717) is 15.7 Å². The summed E-state index contributed by atoms with van der Waals surface area (Å²) in [7, 11) is 1.58. The molecule has 0 aromatic carbocycles. The Morgan fingerprint density at radius 2 is 2.21 bits per heavy atom. The van der Waals surface area contributed by atoms with E-state index in [-0.39, 0.29) is 5.84 Å². The van der Waals surface area contributed by atoms with Gasteiger partial charge in [-0.1, -0.05) is 0 Å². The molecule has 0 amide bonds. The van der Waals surface area contributed by atoms with E-state index in [1.165, 1.54) is 22.6 Å². The predicted octanol–water partition coefficient (Wildman–Crippen LogP) is -0.701. The zero-order valence-electron chi connectivity index (χ0n) is 9.88. The van der Waals surface area contributed by atoms with Crippen LogP contribution in [-0.2, 0) is 7.05 Å². The number of hydrogen-bond donors (Lipinski definition) is 3. The summed E-state index contributed by atoms with van der Waals surface area (Å²) in [5, 5.41) is 9.91. The lowest BCUT2D eigenvalue weighted by Gasteiger charge is -2.05. The quantitative estimate of drug-likeness (QED) is 0.386. The molecule has 0 bridgehead atoms. The minimum atomic E-state index is -0.839. The highest BCUT2D eigenvalue weighted by Crippen LogP contribution is 2.23. The lowest BCUT2D eigenvalue weighted by atomic mass is 10.3. The molecule has 0 unspecified atom stereocenters. The second-order valence-corrected chi connectivity index (χ2v) is 4.64. The van der Waals surface area contributed by atoms with Gasteiger partial charge in [-0.3, -0.25) is 29.8 Å². The summed E-state index contributed by atoms with van der Waals surface area (Å²) < 4.78 is 1.35. The molecule has 0 atom stereocenters. The molecule has 98 valence electrons. The molecule has 2 aromatic rings. The fourth-order valence-corrected chi connectivity index (χ4v) is 2.02. The largest absolute Gasteiger partial charge is 0.382 e. The number of nitrogens with one attached hydrogen (secondary N) is 2. The second-order valence-electron chi connectivity index (χ2n) is 3.59. The van der Waals surface area contributed by atoms with Gasteiger partial charge in [-0.15, -0.1) is 0 Å². The van der Waals surface area contributed by atoms with Crippen molar-refractivity contribution in [3.05, 3.63) is 44.7 Å². The van der Waals surface area contributed by atoms with Gasteiger partial charge < -0.3 is 5.73 Å². The Labute approximate surface area is 111 Å². The summed E-state index contributed by atoms with van der Waals surface area (Å²) in [4.78, 5) is 30.6. The Kier molecular flexibility index (Phi) is 3.47. The highest BCUT2D eigenvalue weighted by molar-refractivity contribution is 7.99. The number of aromatic nitrogens is 4. The fraction of sp³-hybridized carbons (Fsp3) is 0.100. The van der Waals surface area contributed by atoms with Crippen LogP contribution in [0.5, 0.6) is 0 Å². The lowest BCUT2D eigenvalue weighted by molar-refractivity contribution is 0.596. The second kappa shape index (κ2) is 5.06. The molecule has 8 nitrogen and oxygen atoms in total. The summed E-state index contributed by atoms with van der Waals surface area (Å²) in [5.41, 5.74) is 4.06. The van der Waals surface area contributed by atoms with E-state index in [9.17, 15) is 9.59 Å². The minimum Gasteiger partial charge on any atom is -0.382 e. The first-order chi connectivity index (χ1) is 8.97. The molecule has 9 heteroatoms. The van der Waals surface area contributed by atoms with Crippen molar-refractivity contribution in [2.24, 2.45) is 12.8 Å². The Bertz CT molecular complexity index is 733. The maximum atomic E-state index is 11.2. The van der Waals surface area contributed by atoms with E-state index in [0.717, 1.165) is 0 Å². The number of amidine groups is 1. The highest BCUT2D eigenvalue weighted by Gasteiger charge is 2.07. The standard InChI is InChI=1S/C10H10N6O2S/c1-16-10(14-8(17)9(18)15-16)19-5-2-3-6(7(11)12)13-4-5/h2-4H,1H3,(H3,11,12)(H,15,18). The van der Waals surface area contributed by atoms with E-state index in [1.54, 1.807) is 19.2 Å². The minimum absolute atomic E-state index is 0.119. The van der Waals surface area contributed by atoms with Crippen molar-refractivity contribution in [2.75, 3.05) is 0 Å². The molecule has 2 rings (SSSR count). The van der Waals surface area contributed by atoms with Crippen molar-refractivity contribution in [3.63, 3.8) is 0 Å². The average molecular weight is 278 g/mol. The summed E-state index contributed by atoms with van der Waals surface area (Å²) >= 11 is 1.17. The van der Waals surface area contributed by atoms with Crippen molar-refractivity contribution in [2.45, 2.75) is 10.1 Å². The molecule has 4 N–H and O–H groups in total. The van der Waals surface area contributed by atoms with Crippen LogP contribution in [-0.4, -0.2) is 25.6 Å². The monoisotopic (exact) mass is 278 g/mol. The zero-order chi connectivity index (χ0) is 14.0. The molecule has 0 fully saturated rings. The molecule has 0 saturated carbocycles. The number of rotatable bonds is 3. The molecular formula is C10H10N6O2S. The van der Waals surface area contributed by atoms with Crippen LogP contribution < -0.4 is 16.9 Å². The van der Waals surface area contributed by atoms with Crippen LogP contribution in [0, 0.1) is 5.41 Å². The zero-order valence-corrected chi connectivity index (χ0v) is 10.7. The number of aromatic amines is 1. The maximum Gasteiger partial charge on any atom is 0.339 e. The Balaban J connectivity index is 2.31. The predicted molar refractivity (Wildman–Crippen MR) is 69.5 cm³/mol. The van der Waals surface area contributed by atoms with Crippen molar-refractivity contribution >= 4 is 17.6 Å². The van der Waals surface area contributed by atoms with Crippen LogP contribution in [0.2, 0.25) is 0 Å². The Hall–Kier alpha value is -2.42. The molecule has 19 heavy (non-hydrogen) atoms. The van der Waals surface area contributed by atoms with Gasteiger partial charge in [0.05, 0.1) is 0 Å². The first-order valence-corrected chi connectivity index (χ1v) is 5.94. The molecule has 0 aliphatic carbocycles.